The zero-order valence-corrected chi connectivity index (χ0v) is 20.1. The van der Waals surface area contributed by atoms with Crippen LogP contribution in [-0.4, -0.2) is 20.9 Å². The summed E-state index contributed by atoms with van der Waals surface area (Å²) in [4.78, 5) is 13.0. The fraction of sp³-hybridized carbons (Fsp3) is 0.208. The van der Waals surface area contributed by atoms with Crippen molar-refractivity contribution in [2.45, 2.75) is 31.7 Å². The minimum Gasteiger partial charge on any atom is -0.348 e. The molecule has 0 aliphatic carbocycles. The van der Waals surface area contributed by atoms with E-state index in [0.717, 1.165) is 25.5 Å². The molecule has 0 radical (unpaired) electrons. The molecule has 3 rings (SSSR count). The molecule has 0 aliphatic heterocycles. The van der Waals surface area contributed by atoms with Gasteiger partial charge < -0.3 is 5.32 Å². The fourth-order valence-electron chi connectivity index (χ4n) is 3.14. The van der Waals surface area contributed by atoms with Crippen molar-refractivity contribution in [2.24, 2.45) is 0 Å². The normalized spacial score (nSPS) is 12.3. The van der Waals surface area contributed by atoms with Crippen LogP contribution in [-0.2, 0) is 14.8 Å². The maximum atomic E-state index is 13.4. The molecule has 1 amide bonds. The minimum atomic E-state index is -3.94. The maximum absolute atomic E-state index is 13.4. The minimum absolute atomic E-state index is 0.137. The Hall–Kier alpha value is -2.64. The molecule has 0 aromatic heterocycles. The van der Waals surface area contributed by atoms with Gasteiger partial charge in [-0.1, -0.05) is 69.5 Å². The summed E-state index contributed by atoms with van der Waals surface area (Å²) in [5, 5.41) is 2.91. The Kier molecular flexibility index (Phi) is 7.18. The number of nitrogens with zero attached hydrogens (tertiary/aromatic N) is 1. The van der Waals surface area contributed by atoms with Gasteiger partial charge in [-0.05, 0) is 56.7 Å². The predicted molar refractivity (Wildman–Crippen MR) is 128 cm³/mol. The highest BCUT2D eigenvalue weighted by atomic mass is 79.9. The smallest absolute Gasteiger partial charge is 0.264 e. The summed E-state index contributed by atoms with van der Waals surface area (Å²) < 4.78 is 28.7. The molecule has 162 valence electrons. The van der Waals surface area contributed by atoms with E-state index in [4.69, 9.17) is 0 Å². The molecule has 0 bridgehead atoms. The lowest BCUT2D eigenvalue weighted by atomic mass is 10.1. The van der Waals surface area contributed by atoms with Gasteiger partial charge in [0.05, 0.1) is 16.6 Å². The third-order valence-corrected chi connectivity index (χ3v) is 7.23. The molecule has 5 nitrogen and oxygen atoms in total. The number of benzene rings is 3. The summed E-state index contributed by atoms with van der Waals surface area (Å²) in [6.07, 6.45) is 0. The summed E-state index contributed by atoms with van der Waals surface area (Å²) in [5.41, 5.74) is 3.45. The highest BCUT2D eigenvalue weighted by Gasteiger charge is 2.27. The highest BCUT2D eigenvalue weighted by molar-refractivity contribution is 9.10. The van der Waals surface area contributed by atoms with Crippen molar-refractivity contribution in [1.82, 2.24) is 5.32 Å². The molecule has 3 aromatic rings. The number of hydrogen-bond donors (Lipinski definition) is 1. The van der Waals surface area contributed by atoms with Crippen LogP contribution in [0.1, 0.15) is 29.7 Å². The second-order valence-corrected chi connectivity index (χ2v) is 10.3. The third-order valence-electron chi connectivity index (χ3n) is 4.95. The van der Waals surface area contributed by atoms with Crippen molar-refractivity contribution in [3.63, 3.8) is 0 Å². The van der Waals surface area contributed by atoms with Crippen LogP contribution in [0.15, 0.2) is 82.2 Å². The summed E-state index contributed by atoms with van der Waals surface area (Å²) >= 11 is 3.38. The first-order valence-corrected chi connectivity index (χ1v) is 12.1. The highest BCUT2D eigenvalue weighted by Crippen LogP contribution is 2.26. The van der Waals surface area contributed by atoms with Crippen LogP contribution in [0.5, 0.6) is 0 Å². The Morgan fingerprint density at radius 2 is 1.55 bits per heavy atom. The lowest BCUT2D eigenvalue weighted by Gasteiger charge is -2.25. The Bertz CT molecular complexity index is 1160. The van der Waals surface area contributed by atoms with Crippen molar-refractivity contribution >= 4 is 37.5 Å². The van der Waals surface area contributed by atoms with E-state index < -0.39 is 10.0 Å². The van der Waals surface area contributed by atoms with Gasteiger partial charge >= 0.3 is 0 Å². The number of rotatable bonds is 7. The molecule has 0 aliphatic rings. The number of nitrogens with one attached hydrogen (secondary N) is 1. The van der Waals surface area contributed by atoms with E-state index in [0.29, 0.717) is 5.69 Å². The number of carbonyl (C=O) groups excluding carboxylic acids is 1. The average Bonchev–Trinajstić information content (AvgIpc) is 2.72. The number of halogens is 1. The molecule has 0 saturated carbocycles. The topological polar surface area (TPSA) is 66.5 Å². The largest absolute Gasteiger partial charge is 0.348 e. The van der Waals surface area contributed by atoms with E-state index in [2.05, 4.69) is 21.2 Å². The van der Waals surface area contributed by atoms with Gasteiger partial charge in [0.25, 0.3) is 10.0 Å². The Labute approximate surface area is 192 Å². The van der Waals surface area contributed by atoms with Crippen molar-refractivity contribution in [3.05, 3.63) is 94.0 Å². The number of anilines is 1. The van der Waals surface area contributed by atoms with Gasteiger partial charge in [0.1, 0.15) is 6.54 Å². The maximum Gasteiger partial charge on any atom is 0.264 e. The molecule has 0 heterocycles. The van der Waals surface area contributed by atoms with Crippen LogP contribution in [0, 0.1) is 13.8 Å². The van der Waals surface area contributed by atoms with Crippen molar-refractivity contribution in [1.29, 1.82) is 0 Å². The molecule has 3 aromatic carbocycles. The van der Waals surface area contributed by atoms with Crippen LogP contribution in [0.4, 0.5) is 5.69 Å². The lowest BCUT2D eigenvalue weighted by molar-refractivity contribution is -0.120. The molecular weight excluding hydrogens is 476 g/mol. The van der Waals surface area contributed by atoms with Gasteiger partial charge in [-0.3, -0.25) is 9.10 Å². The molecule has 0 fully saturated rings. The Morgan fingerprint density at radius 1 is 0.968 bits per heavy atom. The van der Waals surface area contributed by atoms with Gasteiger partial charge in [-0.25, -0.2) is 8.42 Å². The molecule has 0 unspecified atom stereocenters. The quantitative estimate of drug-likeness (QED) is 0.488. The zero-order chi connectivity index (χ0) is 22.6. The second kappa shape index (κ2) is 9.66. The number of sulfonamides is 1. The predicted octanol–water partition coefficient (Wildman–Crippen LogP) is 5.14. The molecule has 31 heavy (non-hydrogen) atoms. The van der Waals surface area contributed by atoms with E-state index in [1.165, 1.54) is 0 Å². The SMILES string of the molecule is Cc1ccc([C@H](C)NC(=O)CN(c2cccc(Br)c2)S(=O)(=O)c2ccc(C)cc2)cc1. The summed E-state index contributed by atoms with van der Waals surface area (Å²) in [6.45, 7) is 5.44. The third kappa shape index (κ3) is 5.74. The van der Waals surface area contributed by atoms with E-state index >= 15 is 0 Å². The van der Waals surface area contributed by atoms with Crippen LogP contribution in [0.3, 0.4) is 0 Å². The fourth-order valence-corrected chi connectivity index (χ4v) is 4.94. The first-order valence-electron chi connectivity index (χ1n) is 9.88. The standard InChI is InChI=1S/C24H25BrN2O3S/c1-17-7-11-20(12-8-17)19(3)26-24(28)16-27(22-6-4-5-21(25)15-22)31(29,30)23-13-9-18(2)10-14-23/h4-15,19H,16H2,1-3H3,(H,26,28)/t19-/m0/s1. The molecule has 0 saturated heterocycles. The summed E-state index contributed by atoms with van der Waals surface area (Å²) in [7, 11) is -3.94. The number of hydrogen-bond acceptors (Lipinski definition) is 3. The van der Waals surface area contributed by atoms with Crippen LogP contribution < -0.4 is 9.62 Å². The first-order chi connectivity index (χ1) is 14.7. The van der Waals surface area contributed by atoms with E-state index in [9.17, 15) is 13.2 Å². The average molecular weight is 501 g/mol. The van der Waals surface area contributed by atoms with Crippen molar-refractivity contribution < 1.29 is 13.2 Å². The van der Waals surface area contributed by atoms with Gasteiger partial charge in [-0.15, -0.1) is 0 Å². The van der Waals surface area contributed by atoms with E-state index in [1.54, 1.807) is 48.5 Å². The molecule has 0 spiro atoms. The van der Waals surface area contributed by atoms with Crippen LogP contribution >= 0.6 is 15.9 Å². The second-order valence-electron chi connectivity index (χ2n) is 7.50. The van der Waals surface area contributed by atoms with Gasteiger partial charge in [0, 0.05) is 4.47 Å². The summed E-state index contributed by atoms with van der Waals surface area (Å²) in [5.74, 6) is -0.385. The van der Waals surface area contributed by atoms with Gasteiger partial charge in [-0.2, -0.15) is 0 Å². The molecule has 1 atom stereocenters. The first kappa shape index (κ1) is 23.0. The molecule has 7 heteroatoms. The van der Waals surface area contributed by atoms with E-state index in [1.807, 2.05) is 45.0 Å². The van der Waals surface area contributed by atoms with Crippen molar-refractivity contribution in [2.75, 3.05) is 10.8 Å². The monoisotopic (exact) mass is 500 g/mol. The summed E-state index contributed by atoms with van der Waals surface area (Å²) in [6, 6.07) is 21.1. The van der Waals surface area contributed by atoms with E-state index in [-0.39, 0.29) is 23.4 Å². The van der Waals surface area contributed by atoms with Gasteiger partial charge in [0.2, 0.25) is 5.91 Å². The molecular formula is C24H25BrN2O3S. The van der Waals surface area contributed by atoms with Gasteiger partial charge in [0.15, 0.2) is 0 Å². The van der Waals surface area contributed by atoms with Crippen LogP contribution in [0.25, 0.3) is 0 Å². The van der Waals surface area contributed by atoms with Crippen molar-refractivity contribution in [3.8, 4) is 0 Å². The molecule has 1 N–H and O–H groups in total. The Morgan fingerprint density at radius 3 is 2.13 bits per heavy atom. The number of carbonyl (C=O) groups is 1. The lowest BCUT2D eigenvalue weighted by Crippen LogP contribution is -2.41. The zero-order valence-electron chi connectivity index (χ0n) is 17.7. The Balaban J connectivity index is 1.89. The van der Waals surface area contributed by atoms with Crippen LogP contribution in [0.2, 0.25) is 0 Å². The number of aryl methyl sites for hydroxylation is 2. The number of amides is 1.